The van der Waals surface area contributed by atoms with Crippen molar-refractivity contribution < 1.29 is 9.53 Å². The second kappa shape index (κ2) is 4.38. The lowest BCUT2D eigenvalue weighted by Gasteiger charge is -1.98. The SMILES string of the molecule is O=C1/C(=C/c2cc(Br)ccn2)Oc2ccccc21. The van der Waals surface area contributed by atoms with Gasteiger partial charge in [-0.3, -0.25) is 9.78 Å². The summed E-state index contributed by atoms with van der Waals surface area (Å²) in [5.74, 6) is 0.804. The number of rotatable bonds is 1. The maximum Gasteiger partial charge on any atom is 0.232 e. The number of fused-ring (bicyclic) bond motifs is 1. The van der Waals surface area contributed by atoms with Crippen LogP contribution >= 0.6 is 15.9 Å². The molecule has 0 radical (unpaired) electrons. The normalized spacial score (nSPS) is 15.6. The van der Waals surface area contributed by atoms with E-state index in [2.05, 4.69) is 20.9 Å². The number of aromatic nitrogens is 1. The molecule has 0 N–H and O–H groups in total. The highest BCUT2D eigenvalue weighted by molar-refractivity contribution is 9.10. The summed E-state index contributed by atoms with van der Waals surface area (Å²) < 4.78 is 6.43. The fourth-order valence-corrected chi connectivity index (χ4v) is 2.12. The lowest BCUT2D eigenvalue weighted by atomic mass is 10.1. The summed E-state index contributed by atoms with van der Waals surface area (Å²) in [6, 6.07) is 10.8. The van der Waals surface area contributed by atoms with E-state index in [1.165, 1.54) is 0 Å². The molecule has 1 aliphatic rings. The van der Waals surface area contributed by atoms with Crippen LogP contribution in [0.1, 0.15) is 16.1 Å². The Morgan fingerprint density at radius 3 is 2.83 bits per heavy atom. The molecule has 3 rings (SSSR count). The van der Waals surface area contributed by atoms with Gasteiger partial charge in [0.2, 0.25) is 5.78 Å². The fraction of sp³-hybridized carbons (Fsp3) is 0. The molecule has 3 nitrogen and oxygen atoms in total. The van der Waals surface area contributed by atoms with E-state index in [0.717, 1.165) is 4.47 Å². The molecular weight excluding hydrogens is 294 g/mol. The second-order valence-corrected chi connectivity index (χ2v) is 4.75. The third kappa shape index (κ3) is 1.95. The molecule has 4 heteroatoms. The number of hydrogen-bond donors (Lipinski definition) is 0. The monoisotopic (exact) mass is 301 g/mol. The fourth-order valence-electron chi connectivity index (χ4n) is 1.77. The number of carbonyl (C=O) groups is 1. The van der Waals surface area contributed by atoms with Gasteiger partial charge < -0.3 is 4.74 Å². The van der Waals surface area contributed by atoms with Gasteiger partial charge in [-0.15, -0.1) is 0 Å². The van der Waals surface area contributed by atoms with E-state index < -0.39 is 0 Å². The van der Waals surface area contributed by atoms with Crippen LogP contribution in [-0.4, -0.2) is 10.8 Å². The van der Waals surface area contributed by atoms with Crippen molar-refractivity contribution in [1.29, 1.82) is 0 Å². The molecule has 0 amide bonds. The average Bonchev–Trinajstić information content (AvgIpc) is 2.67. The van der Waals surface area contributed by atoms with E-state index in [4.69, 9.17) is 4.74 Å². The number of benzene rings is 1. The molecule has 0 aliphatic carbocycles. The Balaban J connectivity index is 1.99. The molecule has 18 heavy (non-hydrogen) atoms. The van der Waals surface area contributed by atoms with Gasteiger partial charge in [0.1, 0.15) is 5.75 Å². The van der Waals surface area contributed by atoms with Gasteiger partial charge in [0.25, 0.3) is 0 Å². The van der Waals surface area contributed by atoms with Gasteiger partial charge in [0.05, 0.1) is 11.3 Å². The van der Waals surface area contributed by atoms with Crippen LogP contribution in [0, 0.1) is 0 Å². The van der Waals surface area contributed by atoms with E-state index >= 15 is 0 Å². The molecule has 0 saturated heterocycles. The molecule has 0 bridgehead atoms. The first kappa shape index (κ1) is 11.2. The lowest BCUT2D eigenvalue weighted by molar-refractivity contribution is 0.101. The van der Waals surface area contributed by atoms with E-state index in [9.17, 15) is 4.79 Å². The first-order chi connectivity index (χ1) is 8.74. The first-order valence-electron chi connectivity index (χ1n) is 5.39. The summed E-state index contributed by atoms with van der Waals surface area (Å²) in [5, 5.41) is 0. The second-order valence-electron chi connectivity index (χ2n) is 3.83. The zero-order valence-corrected chi connectivity index (χ0v) is 10.8. The van der Waals surface area contributed by atoms with Crippen molar-refractivity contribution in [1.82, 2.24) is 4.98 Å². The smallest absolute Gasteiger partial charge is 0.232 e. The van der Waals surface area contributed by atoms with Gasteiger partial charge in [0, 0.05) is 16.7 Å². The van der Waals surface area contributed by atoms with Crippen molar-refractivity contribution in [2.45, 2.75) is 0 Å². The molecule has 2 heterocycles. The summed E-state index contributed by atoms with van der Waals surface area (Å²) in [6.07, 6.45) is 3.32. The van der Waals surface area contributed by atoms with Gasteiger partial charge >= 0.3 is 0 Å². The summed E-state index contributed by atoms with van der Waals surface area (Å²) >= 11 is 3.36. The third-order valence-electron chi connectivity index (χ3n) is 2.60. The van der Waals surface area contributed by atoms with Crippen molar-refractivity contribution in [2.24, 2.45) is 0 Å². The van der Waals surface area contributed by atoms with Crippen LogP contribution < -0.4 is 4.74 Å². The molecular formula is C14H8BrNO2. The van der Waals surface area contributed by atoms with Crippen LogP contribution in [0.3, 0.4) is 0 Å². The maximum atomic E-state index is 12.1. The van der Waals surface area contributed by atoms with Gasteiger partial charge in [-0.25, -0.2) is 0 Å². The molecule has 88 valence electrons. The molecule has 2 aromatic rings. The number of carbonyl (C=O) groups excluding carboxylic acids is 1. The van der Waals surface area contributed by atoms with Crippen molar-refractivity contribution in [2.75, 3.05) is 0 Å². The zero-order chi connectivity index (χ0) is 12.5. The molecule has 0 saturated carbocycles. The maximum absolute atomic E-state index is 12.1. The molecule has 0 atom stereocenters. The van der Waals surface area contributed by atoms with Crippen molar-refractivity contribution >= 4 is 27.8 Å². The highest BCUT2D eigenvalue weighted by atomic mass is 79.9. The van der Waals surface area contributed by atoms with Crippen LogP contribution in [0.5, 0.6) is 5.75 Å². The molecule has 0 fully saturated rings. The minimum Gasteiger partial charge on any atom is -0.452 e. The Morgan fingerprint density at radius 2 is 2.06 bits per heavy atom. The van der Waals surface area contributed by atoms with E-state index in [1.54, 1.807) is 24.4 Å². The molecule has 1 aromatic carbocycles. The van der Waals surface area contributed by atoms with Crippen molar-refractivity contribution in [3.63, 3.8) is 0 Å². The van der Waals surface area contributed by atoms with E-state index in [-0.39, 0.29) is 5.78 Å². The minimum atomic E-state index is -0.104. The van der Waals surface area contributed by atoms with Crippen LogP contribution in [0.4, 0.5) is 0 Å². The van der Waals surface area contributed by atoms with Crippen molar-refractivity contribution in [3.8, 4) is 5.75 Å². The molecule has 0 unspecified atom stereocenters. The lowest BCUT2D eigenvalue weighted by Crippen LogP contribution is -1.98. The quantitative estimate of drug-likeness (QED) is 0.757. The van der Waals surface area contributed by atoms with Crippen LogP contribution in [0.2, 0.25) is 0 Å². The Labute approximate surface area is 112 Å². The van der Waals surface area contributed by atoms with Crippen molar-refractivity contribution in [3.05, 3.63) is 64.1 Å². The number of halogens is 1. The minimum absolute atomic E-state index is 0.104. The zero-order valence-electron chi connectivity index (χ0n) is 9.26. The van der Waals surface area contributed by atoms with E-state index in [0.29, 0.717) is 22.8 Å². The standard InChI is InChI=1S/C14H8BrNO2/c15-9-5-6-16-10(7-9)8-13-14(17)11-3-1-2-4-12(11)18-13/h1-8H/b13-8-. The Bertz CT molecular complexity index is 664. The topological polar surface area (TPSA) is 39.2 Å². The van der Waals surface area contributed by atoms with Gasteiger partial charge in [-0.1, -0.05) is 28.1 Å². The van der Waals surface area contributed by atoms with E-state index in [1.807, 2.05) is 24.3 Å². The molecule has 1 aromatic heterocycles. The van der Waals surface area contributed by atoms with Crippen LogP contribution in [0.15, 0.2) is 52.8 Å². The number of allylic oxidation sites excluding steroid dienone is 1. The van der Waals surface area contributed by atoms with Crippen LogP contribution in [-0.2, 0) is 0 Å². The largest absolute Gasteiger partial charge is 0.452 e. The summed E-state index contributed by atoms with van der Waals surface area (Å²) in [4.78, 5) is 16.2. The van der Waals surface area contributed by atoms with Crippen LogP contribution in [0.25, 0.3) is 6.08 Å². The number of nitrogens with zero attached hydrogens (tertiary/aromatic N) is 1. The average molecular weight is 302 g/mol. The number of pyridine rings is 1. The number of ether oxygens (including phenoxy) is 1. The summed E-state index contributed by atoms with van der Waals surface area (Å²) in [5.41, 5.74) is 1.28. The Morgan fingerprint density at radius 1 is 1.22 bits per heavy atom. The highest BCUT2D eigenvalue weighted by Crippen LogP contribution is 2.31. The first-order valence-corrected chi connectivity index (χ1v) is 6.18. The summed E-state index contributed by atoms with van der Waals surface area (Å²) in [6.45, 7) is 0. The Kier molecular flexibility index (Phi) is 2.72. The highest BCUT2D eigenvalue weighted by Gasteiger charge is 2.26. The van der Waals surface area contributed by atoms with Gasteiger partial charge in [0.15, 0.2) is 5.76 Å². The predicted molar refractivity (Wildman–Crippen MR) is 71.3 cm³/mol. The number of ketones is 1. The Hall–Kier alpha value is -1.94. The van der Waals surface area contributed by atoms with Gasteiger partial charge in [-0.2, -0.15) is 0 Å². The summed E-state index contributed by atoms with van der Waals surface area (Å²) in [7, 11) is 0. The number of Topliss-reactive ketones (excluding diaryl/α,β-unsaturated/α-hetero) is 1. The number of hydrogen-bond acceptors (Lipinski definition) is 3. The molecule has 0 spiro atoms. The number of para-hydroxylation sites is 1. The van der Waals surface area contributed by atoms with Gasteiger partial charge in [-0.05, 0) is 24.3 Å². The predicted octanol–water partition coefficient (Wildman–Crippen LogP) is 3.46. The molecule has 1 aliphatic heterocycles. The third-order valence-corrected chi connectivity index (χ3v) is 3.09.